The molecule has 0 aliphatic carbocycles. The summed E-state index contributed by atoms with van der Waals surface area (Å²) >= 11 is 0. The Labute approximate surface area is 105 Å². The minimum Gasteiger partial charge on any atom is -0.481 e. The van der Waals surface area contributed by atoms with E-state index in [1.807, 2.05) is 18.5 Å². The molecule has 0 bridgehead atoms. The number of ether oxygens (including phenoxy) is 1. The molecule has 0 saturated heterocycles. The van der Waals surface area contributed by atoms with Gasteiger partial charge in [-0.2, -0.15) is 5.10 Å². The summed E-state index contributed by atoms with van der Waals surface area (Å²) in [5.41, 5.74) is 0. The van der Waals surface area contributed by atoms with Crippen molar-refractivity contribution in [2.45, 2.75) is 26.4 Å². The van der Waals surface area contributed by atoms with Crippen LogP contribution in [0.5, 0.6) is 5.88 Å². The van der Waals surface area contributed by atoms with Gasteiger partial charge < -0.3 is 10.1 Å². The van der Waals surface area contributed by atoms with Gasteiger partial charge in [-0.15, -0.1) is 0 Å². The second-order valence-corrected chi connectivity index (χ2v) is 3.75. The van der Waals surface area contributed by atoms with Crippen LogP contribution in [0.4, 0.5) is 5.82 Å². The van der Waals surface area contributed by atoms with E-state index in [2.05, 4.69) is 25.4 Å². The maximum Gasteiger partial charge on any atom is 0.218 e. The molecule has 0 unspecified atom stereocenters. The molecule has 0 amide bonds. The Morgan fingerprint density at radius 1 is 1.33 bits per heavy atom. The number of rotatable bonds is 5. The Bertz CT molecular complexity index is 512. The largest absolute Gasteiger partial charge is 0.481 e. The highest BCUT2D eigenvalue weighted by Gasteiger charge is 2.12. The second-order valence-electron chi connectivity index (χ2n) is 3.75. The van der Waals surface area contributed by atoms with Crippen molar-refractivity contribution in [3.8, 4) is 5.88 Å². The molecule has 0 fully saturated rings. The molecule has 0 saturated carbocycles. The summed E-state index contributed by atoms with van der Waals surface area (Å²) in [5.74, 6) is 2.09. The minimum atomic E-state index is 0.00653. The highest BCUT2D eigenvalue weighted by molar-refractivity contribution is 5.38. The predicted molar refractivity (Wildman–Crippen MR) is 66.3 cm³/mol. The lowest BCUT2D eigenvalue weighted by molar-refractivity contribution is 0.397. The molecule has 7 nitrogen and oxygen atoms in total. The van der Waals surface area contributed by atoms with Crippen molar-refractivity contribution in [1.82, 2.24) is 24.7 Å². The van der Waals surface area contributed by atoms with E-state index < -0.39 is 0 Å². The molecule has 18 heavy (non-hydrogen) atoms. The molecule has 0 aliphatic heterocycles. The number of nitrogens with one attached hydrogen (secondary N) is 1. The number of anilines is 1. The van der Waals surface area contributed by atoms with Gasteiger partial charge in [-0.3, -0.25) is 0 Å². The smallest absolute Gasteiger partial charge is 0.218 e. The molecule has 0 spiro atoms. The molecule has 0 aliphatic rings. The summed E-state index contributed by atoms with van der Waals surface area (Å²) in [4.78, 5) is 12.3. The Balaban J connectivity index is 2.13. The van der Waals surface area contributed by atoms with Crippen LogP contribution in [0.1, 0.15) is 25.7 Å². The average Bonchev–Trinajstić information content (AvgIpc) is 2.87. The van der Waals surface area contributed by atoms with Gasteiger partial charge in [-0.1, -0.05) is 0 Å². The zero-order valence-corrected chi connectivity index (χ0v) is 10.7. The van der Waals surface area contributed by atoms with Gasteiger partial charge in [0.15, 0.2) is 0 Å². The van der Waals surface area contributed by atoms with Crippen molar-refractivity contribution >= 4 is 5.82 Å². The Morgan fingerprint density at radius 2 is 2.17 bits per heavy atom. The topological polar surface area (TPSA) is 77.8 Å². The van der Waals surface area contributed by atoms with E-state index in [4.69, 9.17) is 4.74 Å². The minimum absolute atomic E-state index is 0.00653. The third kappa shape index (κ3) is 2.55. The first-order chi connectivity index (χ1) is 8.74. The summed E-state index contributed by atoms with van der Waals surface area (Å²) in [6.45, 7) is 4.82. The summed E-state index contributed by atoms with van der Waals surface area (Å²) in [6.07, 6.45) is 3.01. The number of aromatic nitrogens is 5. The first kappa shape index (κ1) is 12.3. The van der Waals surface area contributed by atoms with Crippen molar-refractivity contribution in [3.05, 3.63) is 24.5 Å². The first-order valence-corrected chi connectivity index (χ1v) is 5.74. The first-order valence-electron chi connectivity index (χ1n) is 5.74. The number of nitrogens with zero attached hydrogens (tertiary/aromatic N) is 5. The highest BCUT2D eigenvalue weighted by Crippen LogP contribution is 2.17. The fourth-order valence-corrected chi connectivity index (χ4v) is 1.67. The van der Waals surface area contributed by atoms with Crippen LogP contribution >= 0.6 is 0 Å². The van der Waals surface area contributed by atoms with Crippen LogP contribution in [0.15, 0.2) is 18.7 Å². The van der Waals surface area contributed by atoms with Crippen LogP contribution in [0.25, 0.3) is 0 Å². The molecule has 2 aromatic rings. The molecule has 0 radical (unpaired) electrons. The fraction of sp³-hybridized carbons (Fsp3) is 0.455. The summed E-state index contributed by atoms with van der Waals surface area (Å²) in [7, 11) is 1.57. The molecule has 96 valence electrons. The summed E-state index contributed by atoms with van der Waals surface area (Å²) in [6, 6.07) is 1.75. The second kappa shape index (κ2) is 5.44. The maximum atomic E-state index is 5.05. The molecular formula is C11H16N6O. The Hall–Kier alpha value is -2.18. The van der Waals surface area contributed by atoms with E-state index in [-0.39, 0.29) is 6.04 Å². The van der Waals surface area contributed by atoms with Crippen LogP contribution in [0.3, 0.4) is 0 Å². The zero-order chi connectivity index (χ0) is 13.0. The molecule has 0 aromatic carbocycles. The van der Waals surface area contributed by atoms with E-state index in [0.717, 1.165) is 12.4 Å². The van der Waals surface area contributed by atoms with E-state index >= 15 is 0 Å². The normalized spacial score (nSPS) is 12.2. The van der Waals surface area contributed by atoms with Crippen molar-refractivity contribution < 1.29 is 4.74 Å². The Morgan fingerprint density at radius 3 is 2.89 bits per heavy atom. The van der Waals surface area contributed by atoms with Crippen LogP contribution in [0.2, 0.25) is 0 Å². The van der Waals surface area contributed by atoms with Gasteiger partial charge in [0.2, 0.25) is 5.88 Å². The SMILES string of the molecule is CCn1ncnc1[C@H](C)Nc1cc(OC)ncn1. The lowest BCUT2D eigenvalue weighted by Gasteiger charge is -2.14. The fourth-order valence-electron chi connectivity index (χ4n) is 1.67. The predicted octanol–water partition coefficient (Wildman–Crippen LogP) is 1.27. The van der Waals surface area contributed by atoms with Crippen molar-refractivity contribution in [3.63, 3.8) is 0 Å². The highest BCUT2D eigenvalue weighted by atomic mass is 16.5. The average molecular weight is 248 g/mol. The lowest BCUT2D eigenvalue weighted by Crippen LogP contribution is -2.15. The molecule has 2 rings (SSSR count). The van der Waals surface area contributed by atoms with Gasteiger partial charge >= 0.3 is 0 Å². The van der Waals surface area contributed by atoms with Gasteiger partial charge in [0.05, 0.1) is 13.2 Å². The molecule has 1 N–H and O–H groups in total. The van der Waals surface area contributed by atoms with Crippen molar-refractivity contribution in [2.75, 3.05) is 12.4 Å². The van der Waals surface area contributed by atoms with E-state index in [9.17, 15) is 0 Å². The summed E-state index contributed by atoms with van der Waals surface area (Å²) < 4.78 is 6.89. The molecule has 2 aromatic heterocycles. The number of hydrogen-bond donors (Lipinski definition) is 1. The third-order valence-corrected chi connectivity index (χ3v) is 2.55. The molecule has 1 atom stereocenters. The molecular weight excluding hydrogens is 232 g/mol. The van der Waals surface area contributed by atoms with Crippen LogP contribution < -0.4 is 10.1 Å². The Kier molecular flexibility index (Phi) is 3.71. The van der Waals surface area contributed by atoms with Crippen LogP contribution in [0, 0.1) is 0 Å². The number of aryl methyl sites for hydroxylation is 1. The van der Waals surface area contributed by atoms with E-state index in [0.29, 0.717) is 11.7 Å². The summed E-state index contributed by atoms with van der Waals surface area (Å²) in [5, 5.41) is 7.38. The van der Waals surface area contributed by atoms with Crippen molar-refractivity contribution in [1.29, 1.82) is 0 Å². The quantitative estimate of drug-likeness (QED) is 0.858. The van der Waals surface area contributed by atoms with E-state index in [1.54, 1.807) is 19.5 Å². The van der Waals surface area contributed by atoms with Gasteiger partial charge in [-0.25, -0.2) is 19.6 Å². The number of methoxy groups -OCH3 is 1. The third-order valence-electron chi connectivity index (χ3n) is 2.55. The number of hydrogen-bond acceptors (Lipinski definition) is 6. The molecule has 2 heterocycles. The van der Waals surface area contributed by atoms with Gasteiger partial charge in [-0.05, 0) is 13.8 Å². The van der Waals surface area contributed by atoms with Gasteiger partial charge in [0, 0.05) is 12.6 Å². The van der Waals surface area contributed by atoms with E-state index in [1.165, 1.54) is 6.33 Å². The van der Waals surface area contributed by atoms with Crippen molar-refractivity contribution in [2.24, 2.45) is 0 Å². The maximum absolute atomic E-state index is 5.05. The van der Waals surface area contributed by atoms with Gasteiger partial charge in [0.1, 0.15) is 24.3 Å². The lowest BCUT2D eigenvalue weighted by atomic mass is 10.3. The standard InChI is InChI=1S/C11H16N6O/c1-4-17-11(14-7-15-17)8(2)16-9-5-10(18-3)13-6-12-9/h5-8H,4H2,1-3H3,(H,12,13,16)/t8-/m0/s1. The van der Waals surface area contributed by atoms with Crippen LogP contribution in [-0.2, 0) is 6.54 Å². The van der Waals surface area contributed by atoms with Gasteiger partial charge in [0.25, 0.3) is 0 Å². The monoisotopic (exact) mass is 248 g/mol. The molecule has 7 heteroatoms. The zero-order valence-electron chi connectivity index (χ0n) is 10.7. The van der Waals surface area contributed by atoms with Crippen LogP contribution in [-0.4, -0.2) is 31.8 Å².